The number of nitriles is 1. The van der Waals surface area contributed by atoms with Crippen LogP contribution in [0.25, 0.3) is 33.5 Å². The average molecular weight is 494 g/mol. The highest BCUT2D eigenvalue weighted by molar-refractivity contribution is 9.10. The number of hydrogen-bond donors (Lipinski definition) is 1. The van der Waals surface area contributed by atoms with Gasteiger partial charge in [-0.2, -0.15) is 5.26 Å². The summed E-state index contributed by atoms with van der Waals surface area (Å²) in [5.74, 6) is 1.31. The van der Waals surface area contributed by atoms with Crippen molar-refractivity contribution in [3.8, 4) is 11.8 Å². The third-order valence-electron chi connectivity index (χ3n) is 5.49. The van der Waals surface area contributed by atoms with Gasteiger partial charge in [0, 0.05) is 0 Å². The summed E-state index contributed by atoms with van der Waals surface area (Å²) in [4.78, 5) is 7.81. The van der Waals surface area contributed by atoms with Crippen molar-refractivity contribution in [3.63, 3.8) is 0 Å². The zero-order chi connectivity index (χ0) is 22.8. The van der Waals surface area contributed by atoms with Crippen LogP contribution in [-0.2, 0) is 6.61 Å². The number of aryl methyl sites for hydroxylation is 1. The summed E-state index contributed by atoms with van der Waals surface area (Å²) in [5.41, 5.74) is 5.37. The molecule has 0 bridgehead atoms. The molecule has 1 heterocycles. The van der Waals surface area contributed by atoms with E-state index >= 15 is 0 Å². The number of hydrogen-bond acceptors (Lipinski definition) is 3. The second-order valence-electron chi connectivity index (χ2n) is 7.94. The summed E-state index contributed by atoms with van der Waals surface area (Å²) in [7, 11) is 0. The zero-order valence-corrected chi connectivity index (χ0v) is 19.6. The number of nitrogens with zero attached hydrogens (tertiary/aromatic N) is 2. The second kappa shape index (κ2) is 8.93. The Hall–Kier alpha value is -3.88. The summed E-state index contributed by atoms with van der Waals surface area (Å²) < 4.78 is 6.87. The number of fused-ring (bicyclic) bond motifs is 2. The van der Waals surface area contributed by atoms with Gasteiger partial charge in [-0.25, -0.2) is 4.98 Å². The van der Waals surface area contributed by atoms with Gasteiger partial charge in [-0.15, -0.1) is 0 Å². The lowest BCUT2D eigenvalue weighted by atomic mass is 10.1. The zero-order valence-electron chi connectivity index (χ0n) is 18.0. The van der Waals surface area contributed by atoms with Crippen molar-refractivity contribution in [2.75, 3.05) is 0 Å². The van der Waals surface area contributed by atoms with E-state index in [9.17, 15) is 5.26 Å². The van der Waals surface area contributed by atoms with Crippen molar-refractivity contribution in [3.05, 3.63) is 106 Å². The number of rotatable bonds is 5. The van der Waals surface area contributed by atoms with Crippen molar-refractivity contribution in [2.24, 2.45) is 0 Å². The molecule has 33 heavy (non-hydrogen) atoms. The lowest BCUT2D eigenvalue weighted by molar-refractivity contribution is 0.304. The topological polar surface area (TPSA) is 61.7 Å². The molecule has 0 aliphatic rings. The first kappa shape index (κ1) is 21.0. The standard InChI is InChI=1S/C28H20BrN3O/c1-18-6-10-25-26(12-18)32-28(31-25)23(16-30)13-19-8-11-27(24(29)15-19)33-17-20-7-9-21-4-2-3-5-22(21)14-20/h2-15H,17H2,1H3,(H,31,32). The van der Waals surface area contributed by atoms with Crippen molar-refractivity contribution in [2.45, 2.75) is 13.5 Å². The van der Waals surface area contributed by atoms with Crippen molar-refractivity contribution >= 4 is 49.4 Å². The van der Waals surface area contributed by atoms with Crippen LogP contribution >= 0.6 is 15.9 Å². The van der Waals surface area contributed by atoms with Crippen molar-refractivity contribution in [1.29, 1.82) is 5.26 Å². The Labute approximate surface area is 200 Å². The third-order valence-corrected chi connectivity index (χ3v) is 6.11. The number of ether oxygens (including phenoxy) is 1. The SMILES string of the molecule is Cc1ccc2nc(C(C#N)=Cc3ccc(OCc4ccc5ccccc5c4)c(Br)c3)[nH]c2c1. The van der Waals surface area contributed by atoms with Gasteiger partial charge < -0.3 is 9.72 Å². The Morgan fingerprint density at radius 1 is 1.03 bits per heavy atom. The Morgan fingerprint density at radius 2 is 1.88 bits per heavy atom. The number of nitrogens with one attached hydrogen (secondary N) is 1. The minimum Gasteiger partial charge on any atom is -0.488 e. The van der Waals surface area contributed by atoms with E-state index in [0.29, 0.717) is 18.0 Å². The van der Waals surface area contributed by atoms with Gasteiger partial charge in [0.05, 0.1) is 21.1 Å². The quantitative estimate of drug-likeness (QED) is 0.259. The molecule has 1 N–H and O–H groups in total. The van der Waals surface area contributed by atoms with Gasteiger partial charge in [-0.3, -0.25) is 0 Å². The van der Waals surface area contributed by atoms with Gasteiger partial charge in [0.2, 0.25) is 0 Å². The molecule has 0 spiro atoms. The Kier molecular flexibility index (Phi) is 5.68. The largest absolute Gasteiger partial charge is 0.488 e. The monoisotopic (exact) mass is 493 g/mol. The van der Waals surface area contributed by atoms with Crippen molar-refractivity contribution < 1.29 is 4.74 Å². The number of aromatic amines is 1. The van der Waals surface area contributed by atoms with E-state index in [1.54, 1.807) is 0 Å². The van der Waals surface area contributed by atoms with E-state index in [4.69, 9.17) is 4.74 Å². The fourth-order valence-electron chi connectivity index (χ4n) is 3.78. The van der Waals surface area contributed by atoms with E-state index < -0.39 is 0 Å². The molecule has 0 radical (unpaired) electrons. The average Bonchev–Trinajstić information content (AvgIpc) is 3.24. The minimum absolute atomic E-state index is 0.473. The Bertz CT molecular complexity index is 1560. The number of imidazole rings is 1. The van der Waals surface area contributed by atoms with Crippen LogP contribution in [0.1, 0.15) is 22.5 Å². The normalized spacial score (nSPS) is 11.6. The lowest BCUT2D eigenvalue weighted by Crippen LogP contribution is -1.96. The second-order valence-corrected chi connectivity index (χ2v) is 8.79. The van der Waals surface area contributed by atoms with Crippen molar-refractivity contribution in [1.82, 2.24) is 9.97 Å². The van der Waals surface area contributed by atoms with Crippen LogP contribution in [0.4, 0.5) is 0 Å². The van der Waals surface area contributed by atoms with Crippen LogP contribution in [0, 0.1) is 18.3 Å². The maximum atomic E-state index is 9.72. The van der Waals surface area contributed by atoms with E-state index in [2.05, 4.69) is 62.3 Å². The van der Waals surface area contributed by atoms with E-state index in [-0.39, 0.29) is 0 Å². The van der Waals surface area contributed by atoms with Gasteiger partial charge >= 0.3 is 0 Å². The Balaban J connectivity index is 1.35. The molecule has 0 saturated carbocycles. The summed E-state index contributed by atoms with van der Waals surface area (Å²) in [6.07, 6.45) is 1.82. The molecule has 1 aromatic heterocycles. The highest BCUT2D eigenvalue weighted by Gasteiger charge is 2.09. The van der Waals surface area contributed by atoms with E-state index in [1.165, 1.54) is 10.8 Å². The van der Waals surface area contributed by atoms with E-state index in [0.717, 1.165) is 37.9 Å². The molecule has 0 aliphatic carbocycles. The molecule has 0 fully saturated rings. The molecule has 4 aromatic carbocycles. The maximum Gasteiger partial charge on any atom is 0.149 e. The molecule has 0 aliphatic heterocycles. The molecular weight excluding hydrogens is 474 g/mol. The molecule has 0 saturated heterocycles. The molecule has 5 rings (SSSR count). The van der Waals surface area contributed by atoms with Crippen LogP contribution < -0.4 is 4.74 Å². The van der Waals surface area contributed by atoms with Crippen LogP contribution in [0.15, 0.2) is 83.3 Å². The maximum absolute atomic E-state index is 9.72. The summed E-state index contributed by atoms with van der Waals surface area (Å²) >= 11 is 3.60. The molecular formula is C28H20BrN3O. The third kappa shape index (κ3) is 4.52. The molecule has 0 amide bonds. The first-order chi connectivity index (χ1) is 16.1. The summed E-state index contributed by atoms with van der Waals surface area (Å²) in [6, 6.07) is 28.7. The van der Waals surface area contributed by atoms with Crippen LogP contribution in [0.5, 0.6) is 5.75 Å². The first-order valence-electron chi connectivity index (χ1n) is 10.6. The molecule has 160 valence electrons. The van der Waals surface area contributed by atoms with Crippen LogP contribution in [-0.4, -0.2) is 9.97 Å². The van der Waals surface area contributed by atoms with Crippen LogP contribution in [0.2, 0.25) is 0 Å². The van der Waals surface area contributed by atoms with Gasteiger partial charge in [-0.05, 0) is 86.7 Å². The predicted molar refractivity (Wildman–Crippen MR) is 137 cm³/mol. The lowest BCUT2D eigenvalue weighted by Gasteiger charge is -2.10. The number of aromatic nitrogens is 2. The highest BCUT2D eigenvalue weighted by Crippen LogP contribution is 2.29. The van der Waals surface area contributed by atoms with Gasteiger partial charge in [-0.1, -0.05) is 48.5 Å². The van der Waals surface area contributed by atoms with E-state index in [1.807, 2.05) is 61.5 Å². The number of benzene rings is 4. The fraction of sp³-hybridized carbons (Fsp3) is 0.0714. The van der Waals surface area contributed by atoms with Gasteiger partial charge in [0.15, 0.2) is 0 Å². The predicted octanol–water partition coefficient (Wildman–Crippen LogP) is 7.43. The number of allylic oxidation sites excluding steroid dienone is 1. The number of halogens is 1. The van der Waals surface area contributed by atoms with Gasteiger partial charge in [0.1, 0.15) is 24.3 Å². The number of H-pyrrole nitrogens is 1. The van der Waals surface area contributed by atoms with Gasteiger partial charge in [0.25, 0.3) is 0 Å². The first-order valence-corrected chi connectivity index (χ1v) is 11.4. The molecule has 4 nitrogen and oxygen atoms in total. The molecule has 0 atom stereocenters. The minimum atomic E-state index is 0.473. The molecule has 0 unspecified atom stereocenters. The smallest absolute Gasteiger partial charge is 0.149 e. The summed E-state index contributed by atoms with van der Waals surface area (Å²) in [6.45, 7) is 2.50. The Morgan fingerprint density at radius 3 is 2.70 bits per heavy atom. The highest BCUT2D eigenvalue weighted by atomic mass is 79.9. The molecule has 5 aromatic rings. The van der Waals surface area contributed by atoms with Crippen LogP contribution in [0.3, 0.4) is 0 Å². The molecule has 5 heteroatoms. The summed E-state index contributed by atoms with van der Waals surface area (Å²) in [5, 5.41) is 12.1. The fourth-order valence-corrected chi connectivity index (χ4v) is 4.30.